The molecule has 0 saturated carbocycles. The van der Waals surface area contributed by atoms with E-state index in [9.17, 15) is 9.59 Å². The van der Waals surface area contributed by atoms with E-state index in [1.165, 1.54) is 4.90 Å². The van der Waals surface area contributed by atoms with Crippen LogP contribution in [0.2, 0.25) is 0 Å². The fraction of sp³-hybridized carbons (Fsp3) is 0.778. The summed E-state index contributed by atoms with van der Waals surface area (Å²) >= 11 is 5.37. The molecule has 0 aliphatic carbocycles. The topological polar surface area (TPSA) is 46.6 Å². The van der Waals surface area contributed by atoms with Crippen LogP contribution in [0.15, 0.2) is 0 Å². The molecular weight excluding hydrogens is 206 g/mol. The molecule has 1 atom stereocenters. The molecule has 0 aromatic heterocycles. The largest absolute Gasteiger partial charge is 0.464 e. The van der Waals surface area contributed by atoms with E-state index in [0.29, 0.717) is 19.6 Å². The van der Waals surface area contributed by atoms with Gasteiger partial charge in [-0.2, -0.15) is 0 Å². The Morgan fingerprint density at radius 1 is 1.50 bits per heavy atom. The predicted octanol–water partition coefficient (Wildman–Crippen LogP) is 1.76. The van der Waals surface area contributed by atoms with E-state index < -0.39 is 11.4 Å². The van der Waals surface area contributed by atoms with Gasteiger partial charge in [-0.05, 0) is 37.8 Å². The maximum absolute atomic E-state index is 11.4. The minimum absolute atomic E-state index is 0.333. The minimum atomic E-state index is -0.567. The van der Waals surface area contributed by atoms with Gasteiger partial charge in [-0.15, -0.1) is 0 Å². The fourth-order valence-corrected chi connectivity index (χ4v) is 1.83. The van der Waals surface area contributed by atoms with Crippen LogP contribution in [-0.2, 0) is 9.53 Å². The van der Waals surface area contributed by atoms with Crippen molar-refractivity contribution >= 4 is 22.9 Å². The number of amides is 1. The van der Waals surface area contributed by atoms with E-state index in [1.807, 2.05) is 0 Å². The van der Waals surface area contributed by atoms with Crippen molar-refractivity contribution in [3.05, 3.63) is 0 Å². The molecule has 1 amide bonds. The molecule has 1 rings (SSSR count). The lowest BCUT2D eigenvalue weighted by Gasteiger charge is -2.31. The first kappa shape index (κ1) is 11.3. The summed E-state index contributed by atoms with van der Waals surface area (Å²) in [6.07, 6.45) is 2.48. The van der Waals surface area contributed by atoms with Crippen LogP contribution in [0, 0.1) is 0 Å². The minimum Gasteiger partial charge on any atom is -0.464 e. The highest BCUT2D eigenvalue weighted by atomic mass is 35.5. The quantitative estimate of drug-likeness (QED) is 0.404. The van der Waals surface area contributed by atoms with E-state index in [2.05, 4.69) is 0 Å². The molecule has 80 valence electrons. The smallest absolute Gasteiger partial charge is 0.328 e. The zero-order valence-electron chi connectivity index (χ0n) is 8.16. The second-order valence-electron chi connectivity index (χ2n) is 3.21. The van der Waals surface area contributed by atoms with E-state index in [-0.39, 0.29) is 5.97 Å². The van der Waals surface area contributed by atoms with E-state index in [4.69, 9.17) is 16.3 Å². The molecule has 0 aromatic rings. The Bertz CT molecular complexity index is 232. The van der Waals surface area contributed by atoms with E-state index in [1.54, 1.807) is 6.92 Å². The Kier molecular flexibility index (Phi) is 4.20. The van der Waals surface area contributed by atoms with Crippen molar-refractivity contribution in [2.24, 2.45) is 0 Å². The molecule has 0 aromatic carbocycles. The van der Waals surface area contributed by atoms with Crippen molar-refractivity contribution in [1.82, 2.24) is 4.90 Å². The number of carbonyl (C=O) groups excluding carboxylic acids is 2. The zero-order chi connectivity index (χ0) is 10.6. The molecule has 0 bridgehead atoms. The number of piperidine rings is 1. The average Bonchev–Trinajstić information content (AvgIpc) is 2.18. The lowest BCUT2D eigenvalue weighted by Crippen LogP contribution is -2.46. The third kappa shape index (κ3) is 2.61. The fourth-order valence-electron chi connectivity index (χ4n) is 1.63. The van der Waals surface area contributed by atoms with Crippen molar-refractivity contribution in [2.75, 3.05) is 13.2 Å². The molecule has 1 aliphatic rings. The molecule has 5 heteroatoms. The third-order valence-electron chi connectivity index (χ3n) is 2.29. The van der Waals surface area contributed by atoms with Crippen LogP contribution in [0.5, 0.6) is 0 Å². The van der Waals surface area contributed by atoms with Crippen molar-refractivity contribution < 1.29 is 14.3 Å². The highest BCUT2D eigenvalue weighted by molar-refractivity contribution is 6.63. The van der Waals surface area contributed by atoms with Crippen LogP contribution in [-0.4, -0.2) is 35.4 Å². The van der Waals surface area contributed by atoms with Crippen LogP contribution in [0.4, 0.5) is 4.79 Å². The molecule has 1 saturated heterocycles. The van der Waals surface area contributed by atoms with Gasteiger partial charge in [0, 0.05) is 6.54 Å². The highest BCUT2D eigenvalue weighted by Gasteiger charge is 2.32. The summed E-state index contributed by atoms with van der Waals surface area (Å²) in [5.41, 5.74) is 0. The Morgan fingerprint density at radius 3 is 2.79 bits per heavy atom. The number of ether oxygens (including phenoxy) is 1. The number of nitrogens with zero attached hydrogens (tertiary/aromatic N) is 1. The molecule has 1 heterocycles. The molecule has 1 aliphatic heterocycles. The van der Waals surface area contributed by atoms with Gasteiger partial charge in [0.2, 0.25) is 0 Å². The van der Waals surface area contributed by atoms with Crippen LogP contribution in [0.1, 0.15) is 26.2 Å². The Labute approximate surface area is 88.2 Å². The first-order chi connectivity index (χ1) is 6.66. The molecule has 1 unspecified atom stereocenters. The van der Waals surface area contributed by atoms with Gasteiger partial charge >= 0.3 is 11.3 Å². The van der Waals surface area contributed by atoms with Gasteiger partial charge in [-0.1, -0.05) is 0 Å². The van der Waals surface area contributed by atoms with Crippen LogP contribution >= 0.6 is 11.6 Å². The summed E-state index contributed by atoms with van der Waals surface area (Å²) < 4.78 is 4.87. The zero-order valence-corrected chi connectivity index (χ0v) is 8.92. The summed E-state index contributed by atoms with van der Waals surface area (Å²) in [7, 11) is 0. The van der Waals surface area contributed by atoms with Gasteiger partial charge in [-0.25, -0.2) is 4.79 Å². The van der Waals surface area contributed by atoms with Crippen molar-refractivity contribution in [3.63, 3.8) is 0 Å². The van der Waals surface area contributed by atoms with Crippen LogP contribution < -0.4 is 0 Å². The number of rotatable bonds is 2. The second-order valence-corrected chi connectivity index (χ2v) is 3.53. The summed E-state index contributed by atoms with van der Waals surface area (Å²) in [5, 5.41) is -0.567. The Morgan fingerprint density at radius 2 is 2.21 bits per heavy atom. The SMILES string of the molecule is CCOC(=O)C1CCCCN1C(=O)Cl. The first-order valence-corrected chi connectivity index (χ1v) is 5.17. The summed E-state index contributed by atoms with van der Waals surface area (Å²) in [6, 6.07) is -0.478. The summed E-state index contributed by atoms with van der Waals surface area (Å²) in [4.78, 5) is 23.8. The monoisotopic (exact) mass is 219 g/mol. The van der Waals surface area contributed by atoms with Gasteiger partial charge < -0.3 is 9.64 Å². The van der Waals surface area contributed by atoms with Crippen molar-refractivity contribution in [2.45, 2.75) is 32.2 Å². The maximum Gasteiger partial charge on any atom is 0.328 e. The number of hydrogen-bond donors (Lipinski definition) is 0. The van der Waals surface area contributed by atoms with Crippen molar-refractivity contribution in [3.8, 4) is 0 Å². The molecule has 0 N–H and O–H groups in total. The normalized spacial score (nSPS) is 21.9. The van der Waals surface area contributed by atoms with Gasteiger partial charge in [-0.3, -0.25) is 4.79 Å². The number of carbonyl (C=O) groups is 2. The standard InChI is InChI=1S/C9H14ClNO3/c1-2-14-8(12)7-5-3-4-6-11(7)9(10)13/h7H,2-6H2,1H3. The lowest BCUT2D eigenvalue weighted by molar-refractivity contribution is -0.149. The molecule has 0 radical (unpaired) electrons. The number of esters is 1. The highest BCUT2D eigenvalue weighted by Crippen LogP contribution is 2.19. The number of halogens is 1. The summed E-state index contributed by atoms with van der Waals surface area (Å²) in [5.74, 6) is -0.346. The Balaban J connectivity index is 2.62. The molecule has 14 heavy (non-hydrogen) atoms. The lowest BCUT2D eigenvalue weighted by atomic mass is 10.0. The van der Waals surface area contributed by atoms with Gasteiger partial charge in [0.05, 0.1) is 6.61 Å². The maximum atomic E-state index is 11.4. The van der Waals surface area contributed by atoms with Crippen LogP contribution in [0.3, 0.4) is 0 Å². The number of hydrogen-bond acceptors (Lipinski definition) is 3. The average molecular weight is 220 g/mol. The van der Waals surface area contributed by atoms with Crippen LogP contribution in [0.25, 0.3) is 0 Å². The third-order valence-corrected chi connectivity index (χ3v) is 2.50. The van der Waals surface area contributed by atoms with Gasteiger partial charge in [0.25, 0.3) is 0 Å². The molecule has 0 spiro atoms. The number of likely N-dealkylation sites (tertiary alicyclic amines) is 1. The Hall–Kier alpha value is -0.770. The molecular formula is C9H14ClNO3. The summed E-state index contributed by atoms with van der Waals surface area (Å²) in [6.45, 7) is 2.62. The molecule has 1 fully saturated rings. The van der Waals surface area contributed by atoms with E-state index in [0.717, 1.165) is 12.8 Å². The first-order valence-electron chi connectivity index (χ1n) is 4.79. The van der Waals surface area contributed by atoms with Crippen molar-refractivity contribution in [1.29, 1.82) is 0 Å². The molecule has 4 nitrogen and oxygen atoms in total. The van der Waals surface area contributed by atoms with Gasteiger partial charge in [0.1, 0.15) is 6.04 Å². The van der Waals surface area contributed by atoms with E-state index >= 15 is 0 Å². The van der Waals surface area contributed by atoms with Gasteiger partial charge in [0.15, 0.2) is 0 Å². The second kappa shape index (κ2) is 5.20. The predicted molar refractivity (Wildman–Crippen MR) is 52.2 cm³/mol.